The van der Waals surface area contributed by atoms with Crippen LogP contribution in [0.2, 0.25) is 0 Å². The average molecular weight is 448 g/mol. The van der Waals surface area contributed by atoms with Gasteiger partial charge in [0.15, 0.2) is 0 Å². The molecule has 6 heteroatoms. The minimum atomic E-state index is -0.00142. The highest BCUT2D eigenvalue weighted by molar-refractivity contribution is 6.09. The summed E-state index contributed by atoms with van der Waals surface area (Å²) in [6, 6.07) is 17.1. The number of aromatic nitrogens is 2. The molecular weight excluding hydrogens is 422 g/mol. The maximum Gasteiger partial charge on any atom is 0.245 e. The van der Waals surface area contributed by atoms with Crippen LogP contribution in [-0.2, 0) is 4.79 Å². The van der Waals surface area contributed by atoms with Crippen LogP contribution < -0.4 is 4.90 Å². The fourth-order valence-electron chi connectivity index (χ4n) is 5.86. The molecule has 0 saturated carbocycles. The average Bonchev–Trinajstić information content (AvgIpc) is 3.49. The lowest BCUT2D eigenvalue weighted by Crippen LogP contribution is -2.59. The van der Waals surface area contributed by atoms with E-state index in [1.165, 1.54) is 6.08 Å². The Labute approximate surface area is 198 Å². The summed E-state index contributed by atoms with van der Waals surface area (Å²) in [6.45, 7) is 8.93. The van der Waals surface area contributed by atoms with Crippen LogP contribution in [0.1, 0.15) is 17.5 Å². The van der Waals surface area contributed by atoms with E-state index in [-0.39, 0.29) is 11.3 Å². The Bertz CT molecular complexity index is 1520. The third kappa shape index (κ3) is 2.94. The van der Waals surface area contributed by atoms with Crippen LogP contribution in [-0.4, -0.2) is 47.2 Å². The standard InChI is InChI=1S/C28H25N5O/c1-3-25(34)33-16-28(17-33)10-11-32(15-28)24-12-19-6-4-5-7-20(19)27(21(24)13-29)26-18(2)8-9-23-22(26)14-30-31-23/h3-9,12,14H,1,10-11,15-17H2,2H3,(H,30,31). The molecule has 2 aliphatic heterocycles. The van der Waals surface area contributed by atoms with Crippen molar-refractivity contribution in [3.63, 3.8) is 0 Å². The summed E-state index contributed by atoms with van der Waals surface area (Å²) < 4.78 is 0. The van der Waals surface area contributed by atoms with E-state index in [0.717, 1.165) is 76.7 Å². The van der Waals surface area contributed by atoms with Crippen molar-refractivity contribution < 1.29 is 4.79 Å². The van der Waals surface area contributed by atoms with E-state index in [2.05, 4.69) is 58.9 Å². The van der Waals surface area contributed by atoms with E-state index in [1.54, 1.807) is 0 Å². The Balaban J connectivity index is 1.51. The summed E-state index contributed by atoms with van der Waals surface area (Å²) in [5.74, 6) is -0.00142. The summed E-state index contributed by atoms with van der Waals surface area (Å²) in [7, 11) is 0. The molecule has 0 unspecified atom stereocenters. The van der Waals surface area contributed by atoms with Crippen molar-refractivity contribution in [2.24, 2.45) is 5.41 Å². The minimum Gasteiger partial charge on any atom is -0.370 e. The van der Waals surface area contributed by atoms with Gasteiger partial charge < -0.3 is 9.80 Å². The van der Waals surface area contributed by atoms with Crippen molar-refractivity contribution in [1.82, 2.24) is 15.1 Å². The molecule has 4 aromatic rings. The summed E-state index contributed by atoms with van der Waals surface area (Å²) in [5, 5.41) is 21.0. The van der Waals surface area contributed by atoms with Crippen molar-refractivity contribution >= 4 is 33.3 Å². The number of carbonyl (C=O) groups excluding carboxylic acids is 1. The van der Waals surface area contributed by atoms with Gasteiger partial charge in [-0.3, -0.25) is 9.89 Å². The molecule has 1 aromatic heterocycles. The highest BCUT2D eigenvalue weighted by atomic mass is 16.2. The summed E-state index contributed by atoms with van der Waals surface area (Å²) in [4.78, 5) is 16.2. The monoisotopic (exact) mass is 447 g/mol. The number of nitrogens with zero attached hydrogens (tertiary/aromatic N) is 4. The first-order valence-electron chi connectivity index (χ1n) is 11.6. The van der Waals surface area contributed by atoms with Crippen LogP contribution in [0.3, 0.4) is 0 Å². The third-order valence-electron chi connectivity index (χ3n) is 7.54. The number of amides is 1. The Kier molecular flexibility index (Phi) is 4.50. The number of aromatic amines is 1. The van der Waals surface area contributed by atoms with Crippen LogP contribution in [0.4, 0.5) is 5.69 Å². The summed E-state index contributed by atoms with van der Waals surface area (Å²) >= 11 is 0. The highest BCUT2D eigenvalue weighted by Crippen LogP contribution is 2.46. The zero-order valence-electron chi connectivity index (χ0n) is 19.1. The maximum atomic E-state index is 12.0. The van der Waals surface area contributed by atoms with Crippen LogP contribution in [0.15, 0.2) is 61.3 Å². The zero-order chi connectivity index (χ0) is 23.4. The molecule has 0 atom stereocenters. The van der Waals surface area contributed by atoms with Crippen molar-refractivity contribution in [1.29, 1.82) is 5.26 Å². The van der Waals surface area contributed by atoms with Gasteiger partial charge in [0, 0.05) is 42.5 Å². The Morgan fingerprint density at radius 3 is 2.79 bits per heavy atom. The van der Waals surface area contributed by atoms with E-state index in [1.807, 2.05) is 29.3 Å². The molecule has 6 nitrogen and oxygen atoms in total. The fourth-order valence-corrected chi connectivity index (χ4v) is 5.86. The number of nitriles is 1. The van der Waals surface area contributed by atoms with E-state index in [0.29, 0.717) is 5.56 Å². The van der Waals surface area contributed by atoms with Crippen LogP contribution in [0.5, 0.6) is 0 Å². The normalized spacial score (nSPS) is 16.7. The van der Waals surface area contributed by atoms with Gasteiger partial charge in [-0.25, -0.2) is 0 Å². The highest BCUT2D eigenvalue weighted by Gasteiger charge is 2.49. The van der Waals surface area contributed by atoms with Crippen LogP contribution >= 0.6 is 0 Å². The van der Waals surface area contributed by atoms with Gasteiger partial charge in [0.05, 0.1) is 23.0 Å². The number of hydrogen-bond donors (Lipinski definition) is 1. The van der Waals surface area contributed by atoms with E-state index in [9.17, 15) is 10.1 Å². The number of likely N-dealkylation sites (tertiary alicyclic amines) is 1. The molecule has 3 heterocycles. The van der Waals surface area contributed by atoms with Gasteiger partial charge in [-0.15, -0.1) is 0 Å². The number of fused-ring (bicyclic) bond motifs is 2. The summed E-state index contributed by atoms with van der Waals surface area (Å²) in [5.41, 5.74) is 5.87. The zero-order valence-corrected chi connectivity index (χ0v) is 19.1. The molecule has 2 saturated heterocycles. The third-order valence-corrected chi connectivity index (χ3v) is 7.54. The van der Waals surface area contributed by atoms with Crippen molar-refractivity contribution in [2.75, 3.05) is 31.1 Å². The van der Waals surface area contributed by atoms with Crippen molar-refractivity contribution in [2.45, 2.75) is 13.3 Å². The first kappa shape index (κ1) is 20.5. The van der Waals surface area contributed by atoms with Crippen LogP contribution in [0.25, 0.3) is 32.8 Å². The van der Waals surface area contributed by atoms with Crippen LogP contribution in [0, 0.1) is 23.7 Å². The second-order valence-electron chi connectivity index (χ2n) is 9.64. The van der Waals surface area contributed by atoms with E-state index in [4.69, 9.17) is 0 Å². The number of nitrogens with one attached hydrogen (secondary N) is 1. The maximum absolute atomic E-state index is 12.0. The fraction of sp³-hybridized carbons (Fsp3) is 0.250. The minimum absolute atomic E-state index is 0.00142. The van der Waals surface area contributed by atoms with E-state index >= 15 is 0 Å². The number of benzene rings is 3. The number of aryl methyl sites for hydroxylation is 1. The van der Waals surface area contributed by atoms with Gasteiger partial charge in [0.25, 0.3) is 0 Å². The molecule has 1 amide bonds. The number of hydrogen-bond acceptors (Lipinski definition) is 4. The molecule has 1 N–H and O–H groups in total. The molecule has 34 heavy (non-hydrogen) atoms. The van der Waals surface area contributed by atoms with Gasteiger partial charge in [-0.2, -0.15) is 10.4 Å². The SMILES string of the molecule is C=CC(=O)N1CC2(CCN(c3cc4ccccc4c(-c4c(C)ccc5[nH]ncc45)c3C#N)C2)C1. The predicted octanol–water partition coefficient (Wildman–Crippen LogP) is 4.79. The topological polar surface area (TPSA) is 76.0 Å². The second-order valence-corrected chi connectivity index (χ2v) is 9.64. The molecule has 0 bridgehead atoms. The molecule has 6 rings (SSSR count). The number of rotatable bonds is 3. The van der Waals surface area contributed by atoms with Gasteiger partial charge in [-0.05, 0) is 53.5 Å². The number of anilines is 1. The largest absolute Gasteiger partial charge is 0.370 e. The molecular formula is C28H25N5O. The van der Waals surface area contributed by atoms with Gasteiger partial charge in [-0.1, -0.05) is 36.9 Å². The lowest BCUT2D eigenvalue weighted by molar-refractivity contribution is -0.136. The summed E-state index contributed by atoms with van der Waals surface area (Å²) in [6.07, 6.45) is 4.25. The Morgan fingerprint density at radius 2 is 2.00 bits per heavy atom. The van der Waals surface area contributed by atoms with Crippen molar-refractivity contribution in [3.05, 3.63) is 72.4 Å². The van der Waals surface area contributed by atoms with Gasteiger partial charge in [0.1, 0.15) is 6.07 Å². The quantitative estimate of drug-likeness (QED) is 0.458. The molecule has 0 radical (unpaired) electrons. The first-order chi connectivity index (χ1) is 16.5. The molecule has 3 aromatic carbocycles. The Morgan fingerprint density at radius 1 is 1.18 bits per heavy atom. The predicted molar refractivity (Wildman–Crippen MR) is 135 cm³/mol. The lowest BCUT2D eigenvalue weighted by atomic mass is 9.79. The smallest absolute Gasteiger partial charge is 0.245 e. The molecule has 168 valence electrons. The van der Waals surface area contributed by atoms with Gasteiger partial charge >= 0.3 is 0 Å². The molecule has 1 spiro atoms. The van der Waals surface area contributed by atoms with Crippen molar-refractivity contribution in [3.8, 4) is 17.2 Å². The van der Waals surface area contributed by atoms with Gasteiger partial charge in [0.2, 0.25) is 5.91 Å². The molecule has 2 fully saturated rings. The molecule has 2 aliphatic rings. The lowest BCUT2D eigenvalue weighted by Gasteiger charge is -2.47. The first-order valence-corrected chi connectivity index (χ1v) is 11.6. The molecule has 0 aliphatic carbocycles. The van der Waals surface area contributed by atoms with E-state index < -0.39 is 0 Å². The number of H-pyrrole nitrogens is 1. The second kappa shape index (κ2) is 7.46. The Hall–Kier alpha value is -4.11. The number of carbonyl (C=O) groups is 1.